The number of nitrogens with one attached hydrogen (secondary N) is 1. The molecular formula is C12H15BrFN. The summed E-state index contributed by atoms with van der Waals surface area (Å²) in [7, 11) is 0. The first-order valence-corrected chi connectivity index (χ1v) is 6.24. The Bertz CT molecular complexity index is 365. The Labute approximate surface area is 98.2 Å². The van der Waals surface area contributed by atoms with Gasteiger partial charge in [0, 0.05) is 16.9 Å². The molecule has 0 saturated carbocycles. The Balaban J connectivity index is 2.25. The molecule has 1 aliphatic heterocycles. The van der Waals surface area contributed by atoms with Gasteiger partial charge in [-0.25, -0.2) is 4.39 Å². The van der Waals surface area contributed by atoms with Crippen LogP contribution < -0.4 is 5.32 Å². The molecule has 0 aromatic heterocycles. The predicted molar refractivity (Wildman–Crippen MR) is 64.9 cm³/mol. The van der Waals surface area contributed by atoms with Crippen molar-refractivity contribution in [3.63, 3.8) is 0 Å². The summed E-state index contributed by atoms with van der Waals surface area (Å²) in [6.07, 6.45) is 3.55. The molecule has 1 N–H and O–H groups in total. The van der Waals surface area contributed by atoms with E-state index in [9.17, 15) is 4.39 Å². The van der Waals surface area contributed by atoms with Crippen LogP contribution in [0.15, 0.2) is 16.6 Å². The second-order valence-corrected chi connectivity index (χ2v) is 4.93. The van der Waals surface area contributed by atoms with E-state index in [0.29, 0.717) is 5.92 Å². The van der Waals surface area contributed by atoms with Crippen molar-refractivity contribution in [1.29, 1.82) is 0 Å². The molecule has 1 atom stereocenters. The Morgan fingerprint density at radius 1 is 1.53 bits per heavy atom. The van der Waals surface area contributed by atoms with Gasteiger partial charge in [-0.2, -0.15) is 0 Å². The zero-order chi connectivity index (χ0) is 10.8. The third-order valence-electron chi connectivity index (χ3n) is 2.96. The van der Waals surface area contributed by atoms with Crippen LogP contribution in [0.4, 0.5) is 10.1 Å². The molecule has 1 aliphatic rings. The Morgan fingerprint density at radius 2 is 2.33 bits per heavy atom. The maximum atomic E-state index is 13.3. The first kappa shape index (κ1) is 10.9. The van der Waals surface area contributed by atoms with Crippen molar-refractivity contribution in [1.82, 2.24) is 0 Å². The Hall–Kier alpha value is -0.570. The van der Waals surface area contributed by atoms with E-state index in [-0.39, 0.29) is 5.82 Å². The van der Waals surface area contributed by atoms with Crippen LogP contribution in [0.25, 0.3) is 0 Å². The van der Waals surface area contributed by atoms with Gasteiger partial charge in [0.05, 0.1) is 5.69 Å². The molecule has 1 aromatic rings. The maximum Gasteiger partial charge on any atom is 0.124 e. The van der Waals surface area contributed by atoms with E-state index in [1.165, 1.54) is 18.9 Å². The molecule has 0 amide bonds. The molecule has 82 valence electrons. The van der Waals surface area contributed by atoms with E-state index in [2.05, 4.69) is 28.2 Å². The first-order valence-electron chi connectivity index (χ1n) is 5.45. The summed E-state index contributed by atoms with van der Waals surface area (Å²) in [5.41, 5.74) is 2.22. The summed E-state index contributed by atoms with van der Waals surface area (Å²) >= 11 is 3.39. The lowest BCUT2D eigenvalue weighted by Gasteiger charge is -2.09. The molecule has 1 aromatic carbocycles. The van der Waals surface area contributed by atoms with Gasteiger partial charge in [0.1, 0.15) is 5.82 Å². The standard InChI is InChI=1S/C12H15BrFN/c1-2-3-4-8-7-15-12-10(8)5-9(14)6-11(12)13/h5-6,8,15H,2-4,7H2,1H3. The van der Waals surface area contributed by atoms with Crippen LogP contribution in [0.2, 0.25) is 0 Å². The van der Waals surface area contributed by atoms with Crippen LogP contribution in [0.1, 0.15) is 37.7 Å². The van der Waals surface area contributed by atoms with Crippen molar-refractivity contribution < 1.29 is 4.39 Å². The third kappa shape index (κ3) is 2.17. The zero-order valence-electron chi connectivity index (χ0n) is 8.82. The molecule has 0 aliphatic carbocycles. The predicted octanol–water partition coefficient (Wildman–Crippen LogP) is 4.29. The van der Waals surface area contributed by atoms with Gasteiger partial charge in [-0.05, 0) is 40.0 Å². The van der Waals surface area contributed by atoms with Crippen molar-refractivity contribution in [3.8, 4) is 0 Å². The number of halogens is 2. The van der Waals surface area contributed by atoms with Gasteiger partial charge in [0.15, 0.2) is 0 Å². The van der Waals surface area contributed by atoms with Gasteiger partial charge in [-0.15, -0.1) is 0 Å². The SMILES string of the molecule is CCCCC1CNc2c(Br)cc(F)cc21. The fourth-order valence-electron chi connectivity index (χ4n) is 2.15. The van der Waals surface area contributed by atoms with Crippen molar-refractivity contribution in [2.45, 2.75) is 32.1 Å². The van der Waals surface area contributed by atoms with E-state index in [1.54, 1.807) is 6.07 Å². The Morgan fingerprint density at radius 3 is 3.07 bits per heavy atom. The molecule has 0 fully saturated rings. The average molecular weight is 272 g/mol. The highest BCUT2D eigenvalue weighted by Crippen LogP contribution is 2.39. The van der Waals surface area contributed by atoms with Crippen LogP contribution >= 0.6 is 15.9 Å². The molecule has 1 heterocycles. The van der Waals surface area contributed by atoms with Gasteiger partial charge in [0.25, 0.3) is 0 Å². The fourth-order valence-corrected chi connectivity index (χ4v) is 2.73. The van der Waals surface area contributed by atoms with Crippen molar-refractivity contribution >= 4 is 21.6 Å². The fraction of sp³-hybridized carbons (Fsp3) is 0.500. The number of rotatable bonds is 3. The van der Waals surface area contributed by atoms with E-state index >= 15 is 0 Å². The van der Waals surface area contributed by atoms with E-state index in [0.717, 1.165) is 28.7 Å². The monoisotopic (exact) mass is 271 g/mol. The normalized spacial score (nSPS) is 18.7. The number of hydrogen-bond acceptors (Lipinski definition) is 1. The van der Waals surface area contributed by atoms with Gasteiger partial charge in [-0.1, -0.05) is 19.8 Å². The number of benzene rings is 1. The maximum absolute atomic E-state index is 13.3. The van der Waals surface area contributed by atoms with E-state index in [1.807, 2.05) is 0 Å². The van der Waals surface area contributed by atoms with E-state index < -0.39 is 0 Å². The molecule has 0 bridgehead atoms. The number of unbranched alkanes of at least 4 members (excludes halogenated alkanes) is 1. The van der Waals surface area contributed by atoms with Crippen molar-refractivity contribution in [2.75, 3.05) is 11.9 Å². The summed E-state index contributed by atoms with van der Waals surface area (Å²) in [6, 6.07) is 3.19. The molecule has 1 unspecified atom stereocenters. The first-order chi connectivity index (χ1) is 7.22. The molecule has 2 rings (SSSR count). The molecule has 1 nitrogen and oxygen atoms in total. The summed E-state index contributed by atoms with van der Waals surface area (Å²) in [6.45, 7) is 3.13. The molecule has 0 saturated heterocycles. The van der Waals surface area contributed by atoms with Crippen LogP contribution in [-0.2, 0) is 0 Å². The van der Waals surface area contributed by atoms with Gasteiger partial charge < -0.3 is 5.32 Å². The minimum Gasteiger partial charge on any atom is -0.383 e. The highest BCUT2D eigenvalue weighted by atomic mass is 79.9. The lowest BCUT2D eigenvalue weighted by molar-refractivity contribution is 0.604. The summed E-state index contributed by atoms with van der Waals surface area (Å²) < 4.78 is 14.1. The molecule has 15 heavy (non-hydrogen) atoms. The second kappa shape index (κ2) is 4.52. The van der Waals surface area contributed by atoms with Gasteiger partial charge in [0.2, 0.25) is 0 Å². The molecular weight excluding hydrogens is 257 g/mol. The smallest absolute Gasteiger partial charge is 0.124 e. The van der Waals surface area contributed by atoms with Crippen LogP contribution in [-0.4, -0.2) is 6.54 Å². The summed E-state index contributed by atoms with van der Waals surface area (Å²) in [5.74, 6) is 0.331. The third-order valence-corrected chi connectivity index (χ3v) is 3.58. The molecule has 3 heteroatoms. The minimum atomic E-state index is -0.147. The number of anilines is 1. The number of hydrogen-bond donors (Lipinski definition) is 1. The summed E-state index contributed by atoms with van der Waals surface area (Å²) in [5, 5.41) is 3.34. The zero-order valence-corrected chi connectivity index (χ0v) is 10.4. The van der Waals surface area contributed by atoms with Crippen LogP contribution in [0.5, 0.6) is 0 Å². The highest BCUT2D eigenvalue weighted by Gasteiger charge is 2.24. The lowest BCUT2D eigenvalue weighted by atomic mass is 9.96. The Kier molecular flexibility index (Phi) is 3.29. The topological polar surface area (TPSA) is 12.0 Å². The van der Waals surface area contributed by atoms with E-state index in [4.69, 9.17) is 0 Å². The minimum absolute atomic E-state index is 0.147. The lowest BCUT2D eigenvalue weighted by Crippen LogP contribution is -2.01. The van der Waals surface area contributed by atoms with Crippen molar-refractivity contribution in [2.24, 2.45) is 0 Å². The van der Waals surface area contributed by atoms with Crippen LogP contribution in [0.3, 0.4) is 0 Å². The largest absolute Gasteiger partial charge is 0.383 e. The van der Waals surface area contributed by atoms with Crippen LogP contribution in [0, 0.1) is 5.82 Å². The quantitative estimate of drug-likeness (QED) is 0.865. The molecule has 0 radical (unpaired) electrons. The van der Waals surface area contributed by atoms with Gasteiger partial charge in [-0.3, -0.25) is 0 Å². The second-order valence-electron chi connectivity index (χ2n) is 4.07. The average Bonchev–Trinajstić information content (AvgIpc) is 2.58. The number of fused-ring (bicyclic) bond motifs is 1. The summed E-state index contributed by atoms with van der Waals surface area (Å²) in [4.78, 5) is 0. The highest BCUT2D eigenvalue weighted by molar-refractivity contribution is 9.10. The van der Waals surface area contributed by atoms with Crippen molar-refractivity contribution in [3.05, 3.63) is 28.0 Å². The molecule has 0 spiro atoms. The van der Waals surface area contributed by atoms with Gasteiger partial charge >= 0.3 is 0 Å².